The van der Waals surface area contributed by atoms with Crippen LogP contribution in [0.2, 0.25) is 0 Å². The van der Waals surface area contributed by atoms with E-state index in [1.165, 1.54) is 0 Å². The number of ether oxygens (including phenoxy) is 1. The zero-order chi connectivity index (χ0) is 12.2. The minimum atomic E-state index is -3.26. The van der Waals surface area contributed by atoms with Gasteiger partial charge in [-0.15, -0.1) is 0 Å². The second-order valence-electron chi connectivity index (χ2n) is 3.21. The van der Waals surface area contributed by atoms with Crippen molar-refractivity contribution in [3.05, 3.63) is 24.3 Å². The second-order valence-corrected chi connectivity index (χ2v) is 4.96. The van der Waals surface area contributed by atoms with Crippen LogP contribution in [-0.4, -0.2) is 27.1 Å². The van der Waals surface area contributed by atoms with E-state index in [1.807, 2.05) is 0 Å². The molecule has 16 heavy (non-hydrogen) atoms. The Bertz CT molecular complexity index is 467. The molecule has 0 spiro atoms. The number of hydrogen-bond acceptors (Lipinski definition) is 4. The highest BCUT2D eigenvalue weighted by molar-refractivity contribution is 7.92. The lowest BCUT2D eigenvalue weighted by Crippen LogP contribution is -2.19. The van der Waals surface area contributed by atoms with E-state index in [-0.39, 0.29) is 12.4 Å². The van der Waals surface area contributed by atoms with E-state index in [0.29, 0.717) is 11.4 Å². The third kappa shape index (κ3) is 4.65. The Morgan fingerprint density at radius 2 is 2.00 bits per heavy atom. The van der Waals surface area contributed by atoms with Crippen LogP contribution in [-0.2, 0) is 10.0 Å². The normalized spacial score (nSPS) is 10.8. The van der Waals surface area contributed by atoms with Crippen molar-refractivity contribution in [2.75, 3.05) is 17.6 Å². The largest absolute Gasteiger partial charge is 0.486 e. The summed E-state index contributed by atoms with van der Waals surface area (Å²) in [5, 5.41) is 6.97. The second kappa shape index (κ2) is 4.84. The maximum atomic E-state index is 10.9. The van der Waals surface area contributed by atoms with Crippen LogP contribution in [0.15, 0.2) is 24.3 Å². The van der Waals surface area contributed by atoms with Crippen LogP contribution < -0.4 is 15.2 Å². The van der Waals surface area contributed by atoms with Gasteiger partial charge in [-0.25, -0.2) is 8.42 Å². The highest BCUT2D eigenvalue weighted by Crippen LogP contribution is 2.16. The van der Waals surface area contributed by atoms with Gasteiger partial charge in [0.05, 0.1) is 6.26 Å². The molecule has 0 saturated carbocycles. The summed E-state index contributed by atoms with van der Waals surface area (Å²) < 4.78 is 29.3. The molecule has 0 saturated heterocycles. The van der Waals surface area contributed by atoms with Crippen molar-refractivity contribution in [2.24, 2.45) is 5.73 Å². The first-order chi connectivity index (χ1) is 7.37. The number of rotatable bonds is 5. The van der Waals surface area contributed by atoms with Crippen molar-refractivity contribution in [3.63, 3.8) is 0 Å². The summed E-state index contributed by atoms with van der Waals surface area (Å²) in [5.41, 5.74) is 5.58. The lowest BCUT2D eigenvalue weighted by molar-refractivity contribution is 0.374. The van der Waals surface area contributed by atoms with E-state index in [4.69, 9.17) is 15.9 Å². The van der Waals surface area contributed by atoms with Gasteiger partial charge in [0, 0.05) is 5.69 Å². The number of benzene rings is 1. The maximum absolute atomic E-state index is 10.9. The molecule has 0 fully saturated rings. The van der Waals surface area contributed by atoms with Crippen LogP contribution in [0.3, 0.4) is 0 Å². The molecular formula is C9H13N3O3S. The van der Waals surface area contributed by atoms with Crippen LogP contribution in [0.25, 0.3) is 0 Å². The molecule has 0 atom stereocenters. The minimum Gasteiger partial charge on any atom is -0.486 e. The first kappa shape index (κ1) is 12.3. The highest BCUT2D eigenvalue weighted by atomic mass is 32.2. The van der Waals surface area contributed by atoms with E-state index >= 15 is 0 Å². The standard InChI is InChI=1S/C9H13N3O3S/c1-16(13,14)12-7-2-4-8(5-3-7)15-6-9(10)11/h2-5,12H,6H2,1H3,(H3,10,11). The predicted molar refractivity (Wildman–Crippen MR) is 62.3 cm³/mol. The van der Waals surface area contributed by atoms with Gasteiger partial charge in [0.1, 0.15) is 18.2 Å². The lowest BCUT2D eigenvalue weighted by atomic mass is 10.3. The van der Waals surface area contributed by atoms with Gasteiger partial charge in [-0.2, -0.15) is 0 Å². The Hall–Kier alpha value is -1.76. The van der Waals surface area contributed by atoms with Gasteiger partial charge in [0.15, 0.2) is 0 Å². The van der Waals surface area contributed by atoms with Gasteiger partial charge >= 0.3 is 0 Å². The van der Waals surface area contributed by atoms with Gasteiger partial charge in [0.2, 0.25) is 10.0 Å². The number of anilines is 1. The fraction of sp³-hybridized carbons (Fsp3) is 0.222. The zero-order valence-electron chi connectivity index (χ0n) is 8.73. The van der Waals surface area contributed by atoms with E-state index in [1.54, 1.807) is 24.3 Å². The summed E-state index contributed by atoms with van der Waals surface area (Å²) in [7, 11) is -3.26. The molecule has 0 aliphatic rings. The third-order valence-corrected chi connectivity index (χ3v) is 2.16. The number of sulfonamides is 1. The number of hydrogen-bond donors (Lipinski definition) is 3. The quantitative estimate of drug-likeness (QED) is 0.513. The van der Waals surface area contributed by atoms with E-state index in [2.05, 4.69) is 4.72 Å². The number of nitrogens with one attached hydrogen (secondary N) is 2. The van der Waals surface area contributed by atoms with Gasteiger partial charge in [0.25, 0.3) is 0 Å². The summed E-state index contributed by atoms with van der Waals surface area (Å²) in [6.45, 7) is 0.0127. The molecule has 0 aliphatic carbocycles. The predicted octanol–water partition coefficient (Wildman–Crippen LogP) is 0.373. The topological polar surface area (TPSA) is 105 Å². The van der Waals surface area contributed by atoms with Gasteiger partial charge in [-0.3, -0.25) is 10.1 Å². The molecule has 1 aromatic rings. The SMILES string of the molecule is CS(=O)(=O)Nc1ccc(OCC(=N)N)cc1. The fourth-order valence-electron chi connectivity index (χ4n) is 0.994. The molecule has 4 N–H and O–H groups in total. The Morgan fingerprint density at radius 1 is 1.44 bits per heavy atom. The zero-order valence-corrected chi connectivity index (χ0v) is 9.54. The summed E-state index contributed by atoms with van der Waals surface area (Å²) in [4.78, 5) is 0. The van der Waals surface area contributed by atoms with Crippen LogP contribution in [0, 0.1) is 5.41 Å². The average molecular weight is 243 g/mol. The Morgan fingerprint density at radius 3 is 2.44 bits per heavy atom. The Kier molecular flexibility index (Phi) is 3.73. The lowest BCUT2D eigenvalue weighted by Gasteiger charge is -2.06. The van der Waals surface area contributed by atoms with E-state index < -0.39 is 10.0 Å². The Labute approximate surface area is 94.0 Å². The fourth-order valence-corrected chi connectivity index (χ4v) is 1.56. The molecule has 0 aromatic heterocycles. The maximum Gasteiger partial charge on any atom is 0.229 e. The molecule has 0 heterocycles. The highest BCUT2D eigenvalue weighted by Gasteiger charge is 2.01. The van der Waals surface area contributed by atoms with Gasteiger partial charge < -0.3 is 10.5 Å². The summed E-state index contributed by atoms with van der Waals surface area (Å²) in [6.07, 6.45) is 1.08. The van der Waals surface area contributed by atoms with Crippen molar-refractivity contribution < 1.29 is 13.2 Å². The molecule has 6 nitrogen and oxygen atoms in total. The summed E-state index contributed by atoms with van der Waals surface area (Å²) >= 11 is 0. The Balaban J connectivity index is 2.64. The number of amidine groups is 1. The van der Waals surface area contributed by atoms with Crippen LogP contribution in [0.1, 0.15) is 0 Å². The van der Waals surface area contributed by atoms with Crippen LogP contribution >= 0.6 is 0 Å². The summed E-state index contributed by atoms with van der Waals surface area (Å²) in [6, 6.07) is 6.32. The van der Waals surface area contributed by atoms with Crippen molar-refractivity contribution in [1.82, 2.24) is 0 Å². The minimum absolute atomic E-state index is 0.0127. The molecular weight excluding hydrogens is 230 g/mol. The summed E-state index contributed by atoms with van der Waals surface area (Å²) in [5.74, 6) is 0.451. The molecule has 0 amide bonds. The van der Waals surface area contributed by atoms with Gasteiger partial charge in [-0.1, -0.05) is 0 Å². The van der Waals surface area contributed by atoms with Crippen LogP contribution in [0.5, 0.6) is 5.75 Å². The van der Waals surface area contributed by atoms with Crippen molar-refractivity contribution >= 4 is 21.5 Å². The molecule has 1 rings (SSSR count). The molecule has 0 bridgehead atoms. The van der Waals surface area contributed by atoms with Gasteiger partial charge in [-0.05, 0) is 24.3 Å². The molecule has 88 valence electrons. The van der Waals surface area contributed by atoms with E-state index in [0.717, 1.165) is 6.26 Å². The number of nitrogens with two attached hydrogens (primary N) is 1. The van der Waals surface area contributed by atoms with Crippen molar-refractivity contribution in [1.29, 1.82) is 5.41 Å². The smallest absolute Gasteiger partial charge is 0.229 e. The third-order valence-electron chi connectivity index (χ3n) is 1.55. The average Bonchev–Trinajstić information content (AvgIpc) is 2.14. The monoisotopic (exact) mass is 243 g/mol. The molecule has 0 radical (unpaired) electrons. The van der Waals surface area contributed by atoms with Crippen molar-refractivity contribution in [2.45, 2.75) is 0 Å². The first-order valence-corrected chi connectivity index (χ1v) is 6.29. The molecule has 1 aromatic carbocycles. The molecule has 0 aliphatic heterocycles. The van der Waals surface area contributed by atoms with Crippen molar-refractivity contribution in [3.8, 4) is 5.75 Å². The molecule has 0 unspecified atom stereocenters. The van der Waals surface area contributed by atoms with Crippen LogP contribution in [0.4, 0.5) is 5.69 Å². The first-order valence-electron chi connectivity index (χ1n) is 4.40. The van der Waals surface area contributed by atoms with E-state index in [9.17, 15) is 8.42 Å². The molecule has 7 heteroatoms.